The van der Waals surface area contributed by atoms with E-state index in [4.69, 9.17) is 5.11 Å². The summed E-state index contributed by atoms with van der Waals surface area (Å²) < 4.78 is 4.44. The summed E-state index contributed by atoms with van der Waals surface area (Å²) in [4.78, 5) is 2.42. The molecule has 1 aliphatic rings. The van der Waals surface area contributed by atoms with Crippen LogP contribution in [0.1, 0.15) is 34.1 Å². The molecule has 1 heterocycles. The summed E-state index contributed by atoms with van der Waals surface area (Å²) in [6, 6.07) is 0.884. The smallest absolute Gasteiger partial charge is 0.0693 e. The van der Waals surface area contributed by atoms with Gasteiger partial charge in [0.25, 0.3) is 0 Å². The zero-order chi connectivity index (χ0) is 12.3. The Morgan fingerprint density at radius 3 is 1.93 bits per heavy atom. The van der Waals surface area contributed by atoms with Crippen LogP contribution in [0.15, 0.2) is 0 Å². The molecule has 1 fully saturated rings. The highest BCUT2D eigenvalue weighted by Gasteiger charge is 2.26. The van der Waals surface area contributed by atoms with Gasteiger partial charge in [-0.15, -0.1) is 0 Å². The number of hydrogen-bond acceptors (Lipinski definition) is 3. The third-order valence-electron chi connectivity index (χ3n) is 2.41. The van der Waals surface area contributed by atoms with Gasteiger partial charge in [0.2, 0.25) is 0 Å². The molecule has 1 saturated heterocycles. The third-order valence-corrected chi connectivity index (χ3v) is 2.41. The number of likely N-dealkylation sites (tertiary alicyclic amines) is 1. The number of aliphatic hydroxyl groups is 1. The Balaban J connectivity index is 0. The van der Waals surface area contributed by atoms with Crippen LogP contribution in [-0.2, 0) is 4.74 Å². The largest absolute Gasteiger partial charge is 0.394 e. The van der Waals surface area contributed by atoms with Gasteiger partial charge in [0.05, 0.1) is 13.2 Å². The van der Waals surface area contributed by atoms with Crippen LogP contribution in [0.25, 0.3) is 0 Å². The number of aliphatic hydroxyl groups excluding tert-OH is 1. The van der Waals surface area contributed by atoms with Gasteiger partial charge >= 0.3 is 0 Å². The first-order valence-electron chi connectivity index (χ1n) is 5.93. The summed E-state index contributed by atoms with van der Waals surface area (Å²) in [5.74, 6) is 0.855. The van der Waals surface area contributed by atoms with Crippen molar-refractivity contribution < 1.29 is 9.84 Å². The molecule has 1 aliphatic heterocycles. The minimum Gasteiger partial charge on any atom is -0.394 e. The molecule has 0 aromatic rings. The van der Waals surface area contributed by atoms with E-state index in [0.29, 0.717) is 6.61 Å². The van der Waals surface area contributed by atoms with Crippen LogP contribution >= 0.6 is 0 Å². The normalized spacial score (nSPS) is 19.6. The maximum atomic E-state index is 7.94. The monoisotopic (exact) mass is 219 g/mol. The fourth-order valence-corrected chi connectivity index (χ4v) is 1.47. The van der Waals surface area contributed by atoms with Gasteiger partial charge in [0.15, 0.2) is 0 Å². The lowest BCUT2D eigenvalue weighted by Crippen LogP contribution is -2.47. The first-order chi connectivity index (χ1) is 7.13. The Bertz CT molecular complexity index is 111. The van der Waals surface area contributed by atoms with Crippen LogP contribution in [0.3, 0.4) is 0 Å². The van der Waals surface area contributed by atoms with Crippen molar-refractivity contribution in [1.29, 1.82) is 0 Å². The quantitative estimate of drug-likeness (QED) is 0.788. The van der Waals surface area contributed by atoms with Gasteiger partial charge in [-0.1, -0.05) is 27.7 Å². The minimum atomic E-state index is 0.122. The predicted molar refractivity (Wildman–Crippen MR) is 66.2 cm³/mol. The number of rotatable bonds is 3. The fourth-order valence-electron chi connectivity index (χ4n) is 1.47. The van der Waals surface area contributed by atoms with Crippen molar-refractivity contribution in [2.45, 2.75) is 40.2 Å². The van der Waals surface area contributed by atoms with Crippen molar-refractivity contribution in [3.8, 4) is 0 Å². The molecule has 0 aliphatic carbocycles. The molecule has 3 nitrogen and oxygen atoms in total. The Labute approximate surface area is 95.4 Å². The standard InChI is InChI=1S/C7H15N.C3H8O2.C2H6/c1-6(2)7-4-5-8(7)3;1-5-3-2-4;1-2/h6-7H,4-5H2,1-3H3;4H,2-3H2,1H3;1-2H3. The Morgan fingerprint density at radius 1 is 1.40 bits per heavy atom. The molecule has 1 N–H and O–H groups in total. The van der Waals surface area contributed by atoms with Crippen LogP contribution in [0.5, 0.6) is 0 Å². The van der Waals surface area contributed by atoms with Crippen molar-refractivity contribution in [1.82, 2.24) is 4.90 Å². The topological polar surface area (TPSA) is 32.7 Å². The van der Waals surface area contributed by atoms with Crippen LogP contribution in [0.2, 0.25) is 0 Å². The van der Waals surface area contributed by atoms with Crippen molar-refractivity contribution in [2.24, 2.45) is 5.92 Å². The first-order valence-corrected chi connectivity index (χ1v) is 5.93. The van der Waals surface area contributed by atoms with Crippen LogP contribution in [-0.4, -0.2) is 50.0 Å². The van der Waals surface area contributed by atoms with Crippen LogP contribution in [0.4, 0.5) is 0 Å². The summed E-state index contributed by atoms with van der Waals surface area (Å²) in [5.41, 5.74) is 0. The average Bonchev–Trinajstić information content (AvgIpc) is 2.20. The molecule has 0 saturated carbocycles. The Kier molecular flexibility index (Phi) is 13.8. The van der Waals surface area contributed by atoms with E-state index in [9.17, 15) is 0 Å². The second-order valence-electron chi connectivity index (χ2n) is 3.80. The van der Waals surface area contributed by atoms with Gasteiger partial charge in [-0.2, -0.15) is 0 Å². The van der Waals surface area contributed by atoms with Gasteiger partial charge < -0.3 is 14.7 Å². The van der Waals surface area contributed by atoms with Gasteiger partial charge in [0, 0.05) is 13.2 Å². The molecule has 1 rings (SSSR count). The second-order valence-corrected chi connectivity index (χ2v) is 3.80. The lowest BCUT2D eigenvalue weighted by atomic mass is 9.93. The first kappa shape index (κ1) is 17.3. The highest BCUT2D eigenvalue weighted by molar-refractivity contribution is 4.81. The van der Waals surface area contributed by atoms with E-state index in [1.807, 2.05) is 13.8 Å². The van der Waals surface area contributed by atoms with E-state index in [-0.39, 0.29) is 6.61 Å². The lowest BCUT2D eigenvalue weighted by molar-refractivity contribution is 0.0867. The molecule has 15 heavy (non-hydrogen) atoms. The predicted octanol–water partition coefficient (Wildman–Crippen LogP) is 2.00. The van der Waals surface area contributed by atoms with E-state index in [1.54, 1.807) is 7.11 Å². The van der Waals surface area contributed by atoms with Gasteiger partial charge in [-0.05, 0) is 25.9 Å². The molecular weight excluding hydrogens is 190 g/mol. The maximum Gasteiger partial charge on any atom is 0.0693 e. The molecule has 1 atom stereocenters. The summed E-state index contributed by atoms with van der Waals surface area (Å²) in [7, 11) is 3.75. The van der Waals surface area contributed by atoms with E-state index >= 15 is 0 Å². The number of ether oxygens (including phenoxy) is 1. The van der Waals surface area contributed by atoms with Crippen molar-refractivity contribution >= 4 is 0 Å². The van der Waals surface area contributed by atoms with Crippen molar-refractivity contribution in [2.75, 3.05) is 33.9 Å². The van der Waals surface area contributed by atoms with E-state index in [2.05, 4.69) is 30.5 Å². The van der Waals surface area contributed by atoms with Gasteiger partial charge in [0.1, 0.15) is 0 Å². The lowest BCUT2D eigenvalue weighted by Gasteiger charge is -2.40. The number of hydrogen-bond donors (Lipinski definition) is 1. The summed E-state index contributed by atoms with van der Waals surface area (Å²) >= 11 is 0. The van der Waals surface area contributed by atoms with Crippen LogP contribution < -0.4 is 0 Å². The fraction of sp³-hybridized carbons (Fsp3) is 1.00. The molecule has 0 spiro atoms. The molecule has 0 amide bonds. The zero-order valence-electron chi connectivity index (χ0n) is 11.3. The maximum absolute atomic E-state index is 7.94. The van der Waals surface area contributed by atoms with Crippen LogP contribution in [0, 0.1) is 5.92 Å². The number of nitrogens with zero attached hydrogens (tertiary/aromatic N) is 1. The number of methoxy groups -OCH3 is 1. The third kappa shape index (κ3) is 8.85. The van der Waals surface area contributed by atoms with Gasteiger partial charge in [-0.3, -0.25) is 0 Å². The Morgan fingerprint density at radius 2 is 1.93 bits per heavy atom. The summed E-state index contributed by atoms with van der Waals surface area (Å²) in [6.07, 6.45) is 1.41. The average molecular weight is 219 g/mol. The minimum absolute atomic E-state index is 0.122. The molecule has 0 bridgehead atoms. The van der Waals surface area contributed by atoms with Gasteiger partial charge in [-0.25, -0.2) is 0 Å². The summed E-state index contributed by atoms with van der Waals surface area (Å²) in [5, 5.41) is 7.94. The molecule has 1 unspecified atom stereocenters. The SMILES string of the molecule is CC.CC(C)C1CCN1C.COCCO. The molecule has 0 aromatic heterocycles. The molecular formula is C12H29NO2. The highest BCUT2D eigenvalue weighted by Crippen LogP contribution is 2.21. The Hall–Kier alpha value is -0.120. The second kappa shape index (κ2) is 12.0. The van der Waals surface area contributed by atoms with Crippen molar-refractivity contribution in [3.05, 3.63) is 0 Å². The van der Waals surface area contributed by atoms with E-state index in [1.165, 1.54) is 13.0 Å². The van der Waals surface area contributed by atoms with Crippen molar-refractivity contribution in [3.63, 3.8) is 0 Å². The summed E-state index contributed by atoms with van der Waals surface area (Å²) in [6.45, 7) is 10.5. The van der Waals surface area contributed by atoms with E-state index < -0.39 is 0 Å². The molecule has 0 aromatic carbocycles. The highest BCUT2D eigenvalue weighted by atomic mass is 16.5. The molecule has 3 heteroatoms. The van der Waals surface area contributed by atoms with E-state index in [0.717, 1.165) is 12.0 Å². The zero-order valence-corrected chi connectivity index (χ0v) is 11.3. The molecule has 94 valence electrons. The molecule has 0 radical (unpaired) electrons.